The second-order valence-electron chi connectivity index (χ2n) is 5.12. The zero-order valence-corrected chi connectivity index (χ0v) is 12.3. The number of hydrogen-bond donors (Lipinski definition) is 0. The summed E-state index contributed by atoms with van der Waals surface area (Å²) in [6, 6.07) is 8.00. The molecule has 100 valence electrons. The van der Waals surface area contributed by atoms with Crippen LogP contribution in [-0.4, -0.2) is 5.78 Å². The molecule has 0 amide bonds. The second kappa shape index (κ2) is 7.58. The van der Waals surface area contributed by atoms with Crippen LogP contribution < -0.4 is 0 Å². The van der Waals surface area contributed by atoms with Gasteiger partial charge in [-0.15, -0.1) is 0 Å². The zero-order chi connectivity index (χ0) is 13.5. The van der Waals surface area contributed by atoms with Crippen LogP contribution in [0.3, 0.4) is 0 Å². The highest BCUT2D eigenvalue weighted by Crippen LogP contribution is 2.23. The summed E-state index contributed by atoms with van der Waals surface area (Å²) in [5.74, 6) is 1.11. The molecule has 0 aliphatic carbocycles. The van der Waals surface area contributed by atoms with E-state index in [9.17, 15) is 4.79 Å². The molecule has 1 aromatic carbocycles. The molecule has 0 radical (unpaired) electrons. The van der Waals surface area contributed by atoms with Gasteiger partial charge in [-0.3, -0.25) is 4.79 Å². The standard InChI is InChI=1S/C16H23ClO/c1-4-12(2)16(18)7-5-6-13(3)14-8-10-15(17)11-9-14/h8-13H,4-7H2,1-3H3. The van der Waals surface area contributed by atoms with Gasteiger partial charge in [0, 0.05) is 17.4 Å². The summed E-state index contributed by atoms with van der Waals surface area (Å²) in [7, 11) is 0. The van der Waals surface area contributed by atoms with Gasteiger partial charge in [0.15, 0.2) is 0 Å². The summed E-state index contributed by atoms with van der Waals surface area (Å²) in [5, 5.41) is 0.776. The molecule has 0 saturated carbocycles. The van der Waals surface area contributed by atoms with E-state index in [2.05, 4.69) is 26.0 Å². The van der Waals surface area contributed by atoms with Crippen LogP contribution in [0.25, 0.3) is 0 Å². The van der Waals surface area contributed by atoms with Gasteiger partial charge >= 0.3 is 0 Å². The maximum absolute atomic E-state index is 11.7. The van der Waals surface area contributed by atoms with Crippen molar-refractivity contribution in [2.45, 2.75) is 52.4 Å². The lowest BCUT2D eigenvalue weighted by molar-refractivity contribution is -0.122. The van der Waals surface area contributed by atoms with Gasteiger partial charge < -0.3 is 0 Å². The number of halogens is 1. The Morgan fingerprint density at radius 2 is 1.83 bits per heavy atom. The van der Waals surface area contributed by atoms with Crippen molar-refractivity contribution in [1.82, 2.24) is 0 Å². The Bertz CT molecular complexity index is 369. The zero-order valence-electron chi connectivity index (χ0n) is 11.6. The summed E-state index contributed by atoms with van der Waals surface area (Å²) >= 11 is 5.87. The second-order valence-corrected chi connectivity index (χ2v) is 5.56. The van der Waals surface area contributed by atoms with E-state index in [0.717, 1.165) is 24.3 Å². The molecule has 0 aromatic heterocycles. The van der Waals surface area contributed by atoms with E-state index in [1.54, 1.807) is 0 Å². The molecule has 0 bridgehead atoms. The lowest BCUT2D eigenvalue weighted by Gasteiger charge is -2.12. The quantitative estimate of drug-likeness (QED) is 0.660. The molecule has 0 aliphatic heterocycles. The van der Waals surface area contributed by atoms with Crippen molar-refractivity contribution in [2.24, 2.45) is 5.92 Å². The van der Waals surface area contributed by atoms with Crippen LogP contribution in [0, 0.1) is 5.92 Å². The fraction of sp³-hybridized carbons (Fsp3) is 0.562. The molecule has 2 atom stereocenters. The number of ketones is 1. The molecule has 18 heavy (non-hydrogen) atoms. The average molecular weight is 267 g/mol. The van der Waals surface area contributed by atoms with Crippen LogP contribution in [0.4, 0.5) is 0 Å². The maximum atomic E-state index is 11.7. The van der Waals surface area contributed by atoms with Crippen LogP contribution in [-0.2, 0) is 4.79 Å². The minimum absolute atomic E-state index is 0.218. The first kappa shape index (κ1) is 15.2. The molecule has 1 aromatic rings. The summed E-state index contributed by atoms with van der Waals surface area (Å²) in [6.07, 6.45) is 3.70. The van der Waals surface area contributed by atoms with Crippen molar-refractivity contribution < 1.29 is 4.79 Å². The lowest BCUT2D eigenvalue weighted by Crippen LogP contribution is -2.09. The highest BCUT2D eigenvalue weighted by Gasteiger charge is 2.11. The number of Topliss-reactive ketones (excluding diaryl/α,β-unsaturated/α-hetero) is 1. The first-order chi connectivity index (χ1) is 8.54. The molecule has 0 spiro atoms. The highest BCUT2D eigenvalue weighted by molar-refractivity contribution is 6.30. The van der Waals surface area contributed by atoms with E-state index in [0.29, 0.717) is 18.1 Å². The van der Waals surface area contributed by atoms with Crippen molar-refractivity contribution in [3.8, 4) is 0 Å². The largest absolute Gasteiger partial charge is 0.299 e. The van der Waals surface area contributed by atoms with Crippen LogP contribution in [0.15, 0.2) is 24.3 Å². The van der Waals surface area contributed by atoms with Gasteiger partial charge in [0.2, 0.25) is 0 Å². The summed E-state index contributed by atoms with van der Waals surface area (Å²) in [4.78, 5) is 11.7. The topological polar surface area (TPSA) is 17.1 Å². The van der Waals surface area contributed by atoms with Crippen molar-refractivity contribution in [3.63, 3.8) is 0 Å². The Morgan fingerprint density at radius 3 is 2.39 bits per heavy atom. The Kier molecular flexibility index (Phi) is 6.42. The van der Waals surface area contributed by atoms with Gasteiger partial charge in [0.05, 0.1) is 0 Å². The van der Waals surface area contributed by atoms with Crippen LogP contribution in [0.5, 0.6) is 0 Å². The monoisotopic (exact) mass is 266 g/mol. The minimum Gasteiger partial charge on any atom is -0.299 e. The highest BCUT2D eigenvalue weighted by atomic mass is 35.5. The first-order valence-electron chi connectivity index (χ1n) is 6.82. The molecule has 2 heteroatoms. The lowest BCUT2D eigenvalue weighted by atomic mass is 9.93. The fourth-order valence-corrected chi connectivity index (χ4v) is 2.14. The molecule has 0 saturated heterocycles. The number of benzene rings is 1. The van der Waals surface area contributed by atoms with Crippen LogP contribution >= 0.6 is 11.6 Å². The summed E-state index contributed by atoms with van der Waals surface area (Å²) in [5.41, 5.74) is 1.30. The number of rotatable bonds is 7. The number of carbonyl (C=O) groups excluding carboxylic acids is 1. The first-order valence-corrected chi connectivity index (χ1v) is 7.20. The van der Waals surface area contributed by atoms with E-state index < -0.39 is 0 Å². The predicted molar refractivity (Wildman–Crippen MR) is 78.2 cm³/mol. The predicted octanol–water partition coefficient (Wildman–Crippen LogP) is 5.23. The smallest absolute Gasteiger partial charge is 0.135 e. The van der Waals surface area contributed by atoms with Gasteiger partial charge in [0.25, 0.3) is 0 Å². The van der Waals surface area contributed by atoms with Gasteiger partial charge in [-0.05, 0) is 42.9 Å². The van der Waals surface area contributed by atoms with Crippen molar-refractivity contribution in [2.75, 3.05) is 0 Å². The molecular formula is C16H23ClO. The summed E-state index contributed by atoms with van der Waals surface area (Å²) in [6.45, 7) is 6.29. The Morgan fingerprint density at radius 1 is 1.22 bits per heavy atom. The van der Waals surface area contributed by atoms with E-state index in [4.69, 9.17) is 11.6 Å². The minimum atomic E-state index is 0.218. The number of carbonyl (C=O) groups is 1. The number of hydrogen-bond acceptors (Lipinski definition) is 1. The van der Waals surface area contributed by atoms with Crippen LogP contribution in [0.1, 0.15) is 57.9 Å². The molecule has 2 unspecified atom stereocenters. The third kappa shape index (κ3) is 4.81. The third-order valence-corrected chi connectivity index (χ3v) is 3.91. The van der Waals surface area contributed by atoms with Gasteiger partial charge in [-0.25, -0.2) is 0 Å². The molecule has 1 nitrogen and oxygen atoms in total. The van der Waals surface area contributed by atoms with Gasteiger partial charge in [-0.2, -0.15) is 0 Å². The van der Waals surface area contributed by atoms with E-state index in [-0.39, 0.29) is 5.92 Å². The van der Waals surface area contributed by atoms with Crippen LogP contribution in [0.2, 0.25) is 5.02 Å². The van der Waals surface area contributed by atoms with E-state index in [1.807, 2.05) is 19.1 Å². The van der Waals surface area contributed by atoms with Crippen molar-refractivity contribution in [1.29, 1.82) is 0 Å². The molecule has 0 heterocycles. The van der Waals surface area contributed by atoms with Crippen molar-refractivity contribution >= 4 is 17.4 Å². The molecule has 0 fully saturated rings. The Hall–Kier alpha value is -0.820. The van der Waals surface area contributed by atoms with E-state index in [1.165, 1.54) is 5.56 Å². The Balaban J connectivity index is 2.35. The van der Waals surface area contributed by atoms with Crippen molar-refractivity contribution in [3.05, 3.63) is 34.9 Å². The molecule has 0 aliphatic rings. The normalized spacial score (nSPS) is 14.2. The molecule has 0 N–H and O–H groups in total. The SMILES string of the molecule is CCC(C)C(=O)CCCC(C)c1ccc(Cl)cc1. The summed E-state index contributed by atoms with van der Waals surface area (Å²) < 4.78 is 0. The van der Waals surface area contributed by atoms with E-state index >= 15 is 0 Å². The Labute approximate surface area is 116 Å². The van der Waals surface area contributed by atoms with Gasteiger partial charge in [0.1, 0.15) is 5.78 Å². The fourth-order valence-electron chi connectivity index (χ4n) is 2.01. The molecule has 1 rings (SSSR count). The molecular weight excluding hydrogens is 244 g/mol. The average Bonchev–Trinajstić information content (AvgIpc) is 2.38. The third-order valence-electron chi connectivity index (χ3n) is 3.66. The van der Waals surface area contributed by atoms with Gasteiger partial charge in [-0.1, -0.05) is 44.5 Å². The maximum Gasteiger partial charge on any atom is 0.135 e.